The molecule has 3 aromatic rings. The second kappa shape index (κ2) is 5.61. The van der Waals surface area contributed by atoms with Gasteiger partial charge in [-0.05, 0) is 24.3 Å². The fourth-order valence-corrected chi connectivity index (χ4v) is 2.70. The second-order valence-electron chi connectivity index (χ2n) is 4.22. The maximum Gasteiger partial charge on any atom is 0.196 e. The van der Waals surface area contributed by atoms with Crippen LogP contribution >= 0.6 is 11.3 Å². The van der Waals surface area contributed by atoms with Gasteiger partial charge in [-0.15, -0.1) is 11.3 Å². The van der Waals surface area contributed by atoms with Crippen molar-refractivity contribution in [3.05, 3.63) is 53.5 Å². The average Bonchev–Trinajstić information content (AvgIpc) is 2.91. The Morgan fingerprint density at radius 3 is 2.86 bits per heavy atom. The lowest BCUT2D eigenvalue weighted by atomic mass is 10.3. The standard InChI is InChI=1S/C15H10N4OS/c16-9-13(19-18-10-4-3-5-11(20)8-10)15-17-12-6-1-2-7-14(12)21-15/h1-8,18,20H/b19-13-. The monoisotopic (exact) mass is 294 g/mol. The van der Waals surface area contributed by atoms with Gasteiger partial charge in [-0.2, -0.15) is 10.4 Å². The molecule has 0 amide bonds. The molecule has 0 atom stereocenters. The lowest BCUT2D eigenvalue weighted by Crippen LogP contribution is -2.01. The molecule has 2 aromatic carbocycles. The van der Waals surface area contributed by atoms with Crippen molar-refractivity contribution in [1.82, 2.24) is 4.98 Å². The number of fused-ring (bicyclic) bond motifs is 1. The summed E-state index contributed by atoms with van der Waals surface area (Å²) in [5.74, 6) is 0.133. The van der Waals surface area contributed by atoms with Crippen LogP contribution in [0.2, 0.25) is 0 Å². The third-order valence-electron chi connectivity index (χ3n) is 2.75. The topological polar surface area (TPSA) is 81.3 Å². The number of hydrogen-bond donors (Lipinski definition) is 2. The predicted octanol–water partition coefficient (Wildman–Crippen LogP) is 3.34. The molecule has 6 heteroatoms. The molecule has 1 aromatic heterocycles. The lowest BCUT2D eigenvalue weighted by molar-refractivity contribution is 0.475. The fourth-order valence-electron chi connectivity index (χ4n) is 1.79. The van der Waals surface area contributed by atoms with E-state index in [0.717, 1.165) is 10.2 Å². The zero-order valence-corrected chi connectivity index (χ0v) is 11.6. The molecule has 0 unspecified atom stereocenters. The Balaban J connectivity index is 1.91. The summed E-state index contributed by atoms with van der Waals surface area (Å²) in [6.45, 7) is 0. The molecule has 0 saturated carbocycles. The molecule has 0 aliphatic rings. The molecule has 0 fully saturated rings. The Morgan fingerprint density at radius 1 is 1.24 bits per heavy atom. The molecule has 1 heterocycles. The molecule has 3 rings (SSSR count). The number of aromatic nitrogens is 1. The van der Waals surface area contributed by atoms with Crippen molar-refractivity contribution in [2.75, 3.05) is 5.43 Å². The number of phenols is 1. The molecule has 2 N–H and O–H groups in total. The quantitative estimate of drug-likeness (QED) is 0.573. The van der Waals surface area contributed by atoms with Crippen LogP contribution in [-0.4, -0.2) is 15.8 Å². The summed E-state index contributed by atoms with van der Waals surface area (Å²) < 4.78 is 1.01. The number of anilines is 1. The number of nitrogens with zero attached hydrogens (tertiary/aromatic N) is 3. The van der Waals surface area contributed by atoms with Crippen LogP contribution < -0.4 is 5.43 Å². The van der Waals surface area contributed by atoms with Crippen LogP contribution in [-0.2, 0) is 0 Å². The Morgan fingerprint density at radius 2 is 2.10 bits per heavy atom. The Labute approximate surface area is 124 Å². The van der Waals surface area contributed by atoms with Gasteiger partial charge in [0.05, 0.1) is 15.9 Å². The highest BCUT2D eigenvalue weighted by molar-refractivity contribution is 7.20. The molecular weight excluding hydrogens is 284 g/mol. The second-order valence-corrected chi connectivity index (χ2v) is 5.25. The minimum Gasteiger partial charge on any atom is -0.508 e. The molecular formula is C15H10N4OS. The number of aromatic hydroxyl groups is 1. The van der Waals surface area contributed by atoms with Crippen molar-refractivity contribution in [3.8, 4) is 11.8 Å². The third-order valence-corrected chi connectivity index (χ3v) is 3.79. The van der Waals surface area contributed by atoms with Gasteiger partial charge in [-0.3, -0.25) is 5.43 Å². The minimum absolute atomic E-state index is 0.133. The average molecular weight is 294 g/mol. The van der Waals surface area contributed by atoms with E-state index in [1.807, 2.05) is 30.3 Å². The van der Waals surface area contributed by atoms with Crippen LogP contribution in [0.5, 0.6) is 5.75 Å². The first-order valence-corrected chi connectivity index (χ1v) is 6.97. The third kappa shape index (κ3) is 2.83. The first-order valence-electron chi connectivity index (χ1n) is 6.15. The van der Waals surface area contributed by atoms with E-state index in [4.69, 9.17) is 0 Å². The maximum atomic E-state index is 9.38. The largest absolute Gasteiger partial charge is 0.508 e. The van der Waals surface area contributed by atoms with Crippen molar-refractivity contribution >= 4 is 33.0 Å². The minimum atomic E-state index is 0.133. The highest BCUT2D eigenvalue weighted by Crippen LogP contribution is 2.22. The highest BCUT2D eigenvalue weighted by Gasteiger charge is 2.09. The van der Waals surface area contributed by atoms with Gasteiger partial charge in [-0.25, -0.2) is 4.98 Å². The van der Waals surface area contributed by atoms with E-state index in [-0.39, 0.29) is 11.5 Å². The number of benzene rings is 2. The number of hydrogen-bond acceptors (Lipinski definition) is 6. The summed E-state index contributed by atoms with van der Waals surface area (Å²) in [5.41, 5.74) is 4.41. The summed E-state index contributed by atoms with van der Waals surface area (Å²) in [4.78, 5) is 4.39. The van der Waals surface area contributed by atoms with Crippen LogP contribution in [0.3, 0.4) is 0 Å². The van der Waals surface area contributed by atoms with Crippen LogP contribution in [0.25, 0.3) is 10.2 Å². The van der Waals surface area contributed by atoms with Crippen LogP contribution in [0, 0.1) is 11.3 Å². The zero-order valence-electron chi connectivity index (χ0n) is 10.8. The van der Waals surface area contributed by atoms with E-state index in [9.17, 15) is 10.4 Å². The first kappa shape index (κ1) is 13.1. The van der Waals surface area contributed by atoms with Crippen molar-refractivity contribution in [2.24, 2.45) is 5.10 Å². The normalized spacial score (nSPS) is 11.3. The van der Waals surface area contributed by atoms with Crippen molar-refractivity contribution < 1.29 is 5.11 Å². The van der Waals surface area contributed by atoms with Crippen LogP contribution in [0.1, 0.15) is 5.01 Å². The van der Waals surface area contributed by atoms with E-state index in [1.165, 1.54) is 17.4 Å². The van der Waals surface area contributed by atoms with Crippen molar-refractivity contribution in [1.29, 1.82) is 5.26 Å². The van der Waals surface area contributed by atoms with Crippen LogP contribution in [0.4, 0.5) is 5.69 Å². The first-order chi connectivity index (χ1) is 10.3. The Hall–Kier alpha value is -2.91. The van der Waals surface area contributed by atoms with Gasteiger partial charge in [0, 0.05) is 6.07 Å². The number of phenolic OH excluding ortho intramolecular Hbond substituents is 1. The van der Waals surface area contributed by atoms with Gasteiger partial charge in [0.1, 0.15) is 11.8 Å². The van der Waals surface area contributed by atoms with E-state index >= 15 is 0 Å². The van der Waals surface area contributed by atoms with Gasteiger partial charge >= 0.3 is 0 Å². The van der Waals surface area contributed by atoms with Crippen LogP contribution in [0.15, 0.2) is 53.6 Å². The van der Waals surface area contributed by atoms with Gasteiger partial charge in [-0.1, -0.05) is 18.2 Å². The smallest absolute Gasteiger partial charge is 0.196 e. The molecule has 5 nitrogen and oxygen atoms in total. The number of nitriles is 1. The van der Waals surface area contributed by atoms with Gasteiger partial charge in [0.15, 0.2) is 10.7 Å². The van der Waals surface area contributed by atoms with E-state index < -0.39 is 0 Å². The summed E-state index contributed by atoms with van der Waals surface area (Å²) in [6.07, 6.45) is 0. The van der Waals surface area contributed by atoms with Gasteiger partial charge in [0.2, 0.25) is 0 Å². The molecule has 21 heavy (non-hydrogen) atoms. The number of hydrazone groups is 1. The van der Waals surface area contributed by atoms with Crippen molar-refractivity contribution in [3.63, 3.8) is 0 Å². The molecule has 0 aliphatic heterocycles. The van der Waals surface area contributed by atoms with E-state index in [0.29, 0.717) is 10.7 Å². The maximum absolute atomic E-state index is 9.38. The summed E-state index contributed by atoms with van der Waals surface area (Å²) in [5, 5.41) is 23.2. The Kier molecular flexibility index (Phi) is 3.50. The number of para-hydroxylation sites is 1. The van der Waals surface area contributed by atoms with E-state index in [1.54, 1.807) is 18.2 Å². The molecule has 0 aliphatic carbocycles. The van der Waals surface area contributed by atoms with Gasteiger partial charge < -0.3 is 5.11 Å². The summed E-state index contributed by atoms with van der Waals surface area (Å²) >= 11 is 1.41. The summed E-state index contributed by atoms with van der Waals surface area (Å²) in [7, 11) is 0. The van der Waals surface area contributed by atoms with Gasteiger partial charge in [0.25, 0.3) is 0 Å². The molecule has 0 radical (unpaired) electrons. The summed E-state index contributed by atoms with van der Waals surface area (Å²) in [6, 6.07) is 16.2. The molecule has 0 spiro atoms. The predicted molar refractivity (Wildman–Crippen MR) is 83.5 cm³/mol. The SMILES string of the molecule is N#C/C(=N/Nc1cccc(O)c1)c1nc2ccccc2s1. The van der Waals surface area contributed by atoms with E-state index in [2.05, 4.69) is 15.5 Å². The molecule has 0 bridgehead atoms. The molecule has 102 valence electrons. The highest BCUT2D eigenvalue weighted by atomic mass is 32.1. The zero-order chi connectivity index (χ0) is 14.7. The lowest BCUT2D eigenvalue weighted by Gasteiger charge is -2.00. The fraction of sp³-hybridized carbons (Fsp3) is 0. The number of nitrogens with one attached hydrogen (secondary N) is 1. The molecule has 0 saturated heterocycles. The number of thiazole rings is 1. The van der Waals surface area contributed by atoms with Crippen molar-refractivity contribution in [2.45, 2.75) is 0 Å². The Bertz CT molecular complexity index is 830. The number of rotatable bonds is 3.